The van der Waals surface area contributed by atoms with Crippen LogP contribution in [0.3, 0.4) is 0 Å². The van der Waals surface area contributed by atoms with Gasteiger partial charge in [0.1, 0.15) is 5.70 Å². The van der Waals surface area contributed by atoms with Gasteiger partial charge in [0.05, 0.1) is 18.4 Å². The molecule has 2 rings (SSSR count). The number of ether oxygens (including phenoxy) is 1. The van der Waals surface area contributed by atoms with Crippen LogP contribution in [0, 0.1) is 6.92 Å². The zero-order chi connectivity index (χ0) is 14.7. The maximum Gasteiger partial charge on any atom is 0.333 e. The van der Waals surface area contributed by atoms with Gasteiger partial charge in [0, 0.05) is 0 Å². The highest BCUT2D eigenvalue weighted by atomic mass is 16.5. The third-order valence-corrected chi connectivity index (χ3v) is 2.72. The van der Waals surface area contributed by atoms with Crippen LogP contribution in [0.15, 0.2) is 36.0 Å². The van der Waals surface area contributed by atoms with Crippen molar-refractivity contribution >= 4 is 23.6 Å². The normalized spacial score (nSPS) is 16.5. The number of anilines is 1. The Hall–Kier alpha value is -2.63. The van der Waals surface area contributed by atoms with Crippen molar-refractivity contribution in [1.82, 2.24) is 5.32 Å². The summed E-state index contributed by atoms with van der Waals surface area (Å²) in [5.41, 5.74) is 1.38. The summed E-state index contributed by atoms with van der Waals surface area (Å²) in [5, 5.41) is 2.35. The summed E-state index contributed by atoms with van der Waals surface area (Å²) in [7, 11) is 0. The average molecular weight is 274 g/mol. The van der Waals surface area contributed by atoms with Gasteiger partial charge in [-0.25, -0.2) is 14.5 Å². The van der Waals surface area contributed by atoms with Gasteiger partial charge in [-0.2, -0.15) is 0 Å². The largest absolute Gasteiger partial charge is 0.463 e. The molecule has 20 heavy (non-hydrogen) atoms. The van der Waals surface area contributed by atoms with Crippen LogP contribution >= 0.6 is 0 Å². The van der Waals surface area contributed by atoms with Gasteiger partial charge < -0.3 is 10.1 Å². The molecule has 0 bridgehead atoms. The number of benzene rings is 1. The number of nitrogens with zero attached hydrogens (tertiary/aromatic N) is 1. The molecule has 1 aromatic carbocycles. The molecule has 6 nitrogen and oxygen atoms in total. The maximum atomic E-state index is 12.1. The van der Waals surface area contributed by atoms with Crippen molar-refractivity contribution in [2.24, 2.45) is 0 Å². The van der Waals surface area contributed by atoms with Crippen LogP contribution in [0.2, 0.25) is 0 Å². The Morgan fingerprint density at radius 2 is 1.95 bits per heavy atom. The van der Waals surface area contributed by atoms with Gasteiger partial charge in [-0.3, -0.25) is 4.79 Å². The van der Waals surface area contributed by atoms with Crippen molar-refractivity contribution in [2.45, 2.75) is 13.8 Å². The molecule has 0 saturated carbocycles. The second-order valence-corrected chi connectivity index (χ2v) is 4.22. The Bertz CT molecular complexity index is 590. The molecule has 0 aromatic heterocycles. The van der Waals surface area contributed by atoms with Crippen molar-refractivity contribution in [1.29, 1.82) is 0 Å². The Morgan fingerprint density at radius 1 is 1.30 bits per heavy atom. The lowest BCUT2D eigenvalue weighted by atomic mass is 10.2. The standard InChI is InChI=1S/C14H14N2O4/c1-3-20-12(17)8-11-13(18)16(14(19)15-11)10-6-4-9(2)5-7-10/h4-8H,3H2,1-2H3,(H,15,19)/b11-8+. The van der Waals surface area contributed by atoms with E-state index < -0.39 is 17.9 Å². The fraction of sp³-hybridized carbons (Fsp3) is 0.214. The topological polar surface area (TPSA) is 75.7 Å². The average Bonchev–Trinajstić information content (AvgIpc) is 2.66. The minimum Gasteiger partial charge on any atom is -0.463 e. The molecule has 6 heteroatoms. The number of carbonyl (C=O) groups excluding carboxylic acids is 3. The monoisotopic (exact) mass is 274 g/mol. The molecule has 1 aliphatic rings. The van der Waals surface area contributed by atoms with Gasteiger partial charge in [0.25, 0.3) is 5.91 Å². The van der Waals surface area contributed by atoms with Crippen LogP contribution in [0.5, 0.6) is 0 Å². The minimum absolute atomic E-state index is 0.0889. The number of nitrogens with one attached hydrogen (secondary N) is 1. The number of carbonyl (C=O) groups is 3. The molecule has 1 saturated heterocycles. The molecule has 1 N–H and O–H groups in total. The molecular weight excluding hydrogens is 260 g/mol. The zero-order valence-electron chi connectivity index (χ0n) is 11.2. The summed E-state index contributed by atoms with van der Waals surface area (Å²) < 4.78 is 4.71. The van der Waals surface area contributed by atoms with Gasteiger partial charge in [-0.05, 0) is 26.0 Å². The number of esters is 1. The Morgan fingerprint density at radius 3 is 2.55 bits per heavy atom. The van der Waals surface area contributed by atoms with Crippen molar-refractivity contribution in [3.8, 4) is 0 Å². The summed E-state index contributed by atoms with van der Waals surface area (Å²) >= 11 is 0. The first kappa shape index (κ1) is 13.8. The lowest BCUT2D eigenvalue weighted by Gasteiger charge is -2.11. The van der Waals surface area contributed by atoms with E-state index in [-0.39, 0.29) is 12.3 Å². The lowest BCUT2D eigenvalue weighted by molar-refractivity contribution is -0.137. The summed E-state index contributed by atoms with van der Waals surface area (Å²) in [6.45, 7) is 3.76. The van der Waals surface area contributed by atoms with Crippen LogP contribution in [0.1, 0.15) is 12.5 Å². The second kappa shape index (κ2) is 5.56. The first-order valence-electron chi connectivity index (χ1n) is 6.13. The summed E-state index contributed by atoms with van der Waals surface area (Å²) in [4.78, 5) is 36.2. The van der Waals surface area contributed by atoms with Gasteiger partial charge >= 0.3 is 12.0 Å². The third-order valence-electron chi connectivity index (χ3n) is 2.72. The van der Waals surface area contributed by atoms with E-state index in [0.29, 0.717) is 5.69 Å². The molecular formula is C14H14N2O4. The fourth-order valence-electron chi connectivity index (χ4n) is 1.77. The lowest BCUT2D eigenvalue weighted by Crippen LogP contribution is -2.30. The molecule has 104 valence electrons. The Kier molecular flexibility index (Phi) is 3.84. The summed E-state index contributed by atoms with van der Waals surface area (Å²) in [6, 6.07) is 6.33. The van der Waals surface area contributed by atoms with E-state index in [2.05, 4.69) is 5.32 Å². The molecule has 1 aliphatic heterocycles. The zero-order valence-corrected chi connectivity index (χ0v) is 11.2. The quantitative estimate of drug-likeness (QED) is 0.515. The van der Waals surface area contributed by atoms with Crippen molar-refractivity contribution in [3.63, 3.8) is 0 Å². The molecule has 0 atom stereocenters. The Labute approximate surface area is 116 Å². The van der Waals surface area contributed by atoms with E-state index in [1.54, 1.807) is 31.2 Å². The fourth-order valence-corrected chi connectivity index (χ4v) is 1.77. The van der Waals surface area contributed by atoms with Crippen molar-refractivity contribution in [2.75, 3.05) is 11.5 Å². The predicted octanol–water partition coefficient (Wildman–Crippen LogP) is 1.50. The number of imide groups is 1. The van der Waals surface area contributed by atoms with Crippen molar-refractivity contribution < 1.29 is 19.1 Å². The van der Waals surface area contributed by atoms with Gasteiger partial charge in [0.15, 0.2) is 0 Å². The van der Waals surface area contributed by atoms with E-state index in [1.165, 1.54) is 0 Å². The highest BCUT2D eigenvalue weighted by molar-refractivity contribution is 6.27. The van der Waals surface area contributed by atoms with Crippen molar-refractivity contribution in [3.05, 3.63) is 41.6 Å². The van der Waals surface area contributed by atoms with Gasteiger partial charge in [-0.1, -0.05) is 17.7 Å². The van der Waals surface area contributed by atoms with Crippen LogP contribution < -0.4 is 10.2 Å². The number of aryl methyl sites for hydroxylation is 1. The number of hydrogen-bond donors (Lipinski definition) is 1. The molecule has 3 amide bonds. The smallest absolute Gasteiger partial charge is 0.333 e. The van der Waals surface area contributed by atoms with Gasteiger partial charge in [0.2, 0.25) is 0 Å². The highest BCUT2D eigenvalue weighted by Gasteiger charge is 2.35. The Balaban J connectivity index is 2.25. The summed E-state index contributed by atoms with van der Waals surface area (Å²) in [5.74, 6) is -1.24. The van der Waals surface area contributed by atoms with Crippen LogP contribution in [-0.4, -0.2) is 24.5 Å². The van der Waals surface area contributed by atoms with E-state index >= 15 is 0 Å². The molecule has 0 unspecified atom stereocenters. The SMILES string of the molecule is CCOC(=O)/C=C1/NC(=O)N(c2ccc(C)cc2)C1=O. The number of amides is 3. The first-order chi connectivity index (χ1) is 9.52. The van der Waals surface area contributed by atoms with Crippen LogP contribution in [-0.2, 0) is 14.3 Å². The van der Waals surface area contributed by atoms with E-state index in [9.17, 15) is 14.4 Å². The van der Waals surface area contributed by atoms with Crippen LogP contribution in [0.25, 0.3) is 0 Å². The van der Waals surface area contributed by atoms with Gasteiger partial charge in [-0.15, -0.1) is 0 Å². The summed E-state index contributed by atoms with van der Waals surface area (Å²) in [6.07, 6.45) is 0.984. The molecule has 1 fully saturated rings. The first-order valence-corrected chi connectivity index (χ1v) is 6.13. The molecule has 1 heterocycles. The highest BCUT2D eigenvalue weighted by Crippen LogP contribution is 2.21. The number of hydrogen-bond acceptors (Lipinski definition) is 4. The molecule has 0 spiro atoms. The number of rotatable bonds is 3. The molecule has 1 aromatic rings. The maximum absolute atomic E-state index is 12.1. The van der Waals surface area contributed by atoms with E-state index in [1.807, 2.05) is 6.92 Å². The second-order valence-electron chi connectivity index (χ2n) is 4.22. The van der Waals surface area contributed by atoms with E-state index in [0.717, 1.165) is 16.5 Å². The molecule has 0 radical (unpaired) electrons. The molecule has 0 aliphatic carbocycles. The number of urea groups is 1. The van der Waals surface area contributed by atoms with Crippen LogP contribution in [0.4, 0.5) is 10.5 Å². The predicted molar refractivity (Wildman–Crippen MR) is 71.9 cm³/mol. The third kappa shape index (κ3) is 2.69. The minimum atomic E-state index is -0.665. The van der Waals surface area contributed by atoms with E-state index in [4.69, 9.17) is 4.74 Å².